The van der Waals surface area contributed by atoms with Crippen LogP contribution in [0.1, 0.15) is 46.5 Å². The number of rotatable bonds is 0. The minimum absolute atomic E-state index is 0.0405. The maximum absolute atomic E-state index is 6.23. The third-order valence-corrected chi connectivity index (χ3v) is 4.19. The second kappa shape index (κ2) is 6.17. The highest BCUT2D eigenvalue weighted by atomic mass is 32.1. The van der Waals surface area contributed by atoms with Crippen molar-refractivity contribution in [2.75, 3.05) is 13.6 Å². The lowest BCUT2D eigenvalue weighted by molar-refractivity contribution is 0.187. The summed E-state index contributed by atoms with van der Waals surface area (Å²) < 4.78 is 4.16. The second-order valence-corrected chi connectivity index (χ2v) is 5.63. The molecule has 0 amide bonds. The molecule has 2 nitrogen and oxygen atoms in total. The van der Waals surface area contributed by atoms with Crippen LogP contribution in [0.15, 0.2) is 4.40 Å². The summed E-state index contributed by atoms with van der Waals surface area (Å²) in [7, 11) is 8.35. The Kier molecular flexibility index (Phi) is 5.42. The molecular formula is C13H25BN2S. The van der Waals surface area contributed by atoms with Gasteiger partial charge in [-0.05, 0) is 31.6 Å². The molecule has 0 spiro atoms. The molecule has 4 heteroatoms. The maximum atomic E-state index is 6.23. The molecule has 17 heavy (non-hydrogen) atoms. The molecule has 2 aliphatic rings. The van der Waals surface area contributed by atoms with Crippen LogP contribution in [-0.4, -0.2) is 32.2 Å². The molecule has 2 radical (unpaired) electrons. The SMILES string of the molecule is CC.[B]C1(C)CCC2/C(=N/S)N(C)CCC2C1. The minimum atomic E-state index is 0.0405. The van der Waals surface area contributed by atoms with E-state index >= 15 is 0 Å². The number of hydrogen-bond acceptors (Lipinski definition) is 2. The normalized spacial score (nSPS) is 39.4. The summed E-state index contributed by atoms with van der Waals surface area (Å²) in [6, 6.07) is 0. The van der Waals surface area contributed by atoms with Crippen LogP contribution in [0.5, 0.6) is 0 Å². The van der Waals surface area contributed by atoms with Crippen LogP contribution in [0.25, 0.3) is 0 Å². The van der Waals surface area contributed by atoms with E-state index in [-0.39, 0.29) is 5.31 Å². The summed E-state index contributed by atoms with van der Waals surface area (Å²) >= 11 is 4.10. The van der Waals surface area contributed by atoms with E-state index in [0.29, 0.717) is 5.92 Å². The molecule has 1 aliphatic carbocycles. The smallest absolute Gasteiger partial charge is 0.115 e. The number of hydrogen-bond donors (Lipinski definition) is 1. The number of likely N-dealkylation sites (tertiary alicyclic amines) is 1. The lowest BCUT2D eigenvalue weighted by Crippen LogP contribution is -2.46. The number of nitrogens with zero attached hydrogens (tertiary/aromatic N) is 2. The Morgan fingerprint density at radius 2 is 2.06 bits per heavy atom. The highest BCUT2D eigenvalue weighted by Crippen LogP contribution is 2.48. The van der Waals surface area contributed by atoms with E-state index in [1.54, 1.807) is 0 Å². The standard InChI is InChI=1S/C11H19BN2S.C2H6/c1-11(12)5-3-9-8(7-11)4-6-14(2)10(9)13-15;1-2/h8-9,15H,3-7H2,1-2H3;1-2H3/b13-10-;. The fourth-order valence-electron chi connectivity index (χ4n) is 3.11. The molecule has 1 aliphatic heterocycles. The minimum Gasteiger partial charge on any atom is -0.362 e. The quantitative estimate of drug-likeness (QED) is 0.516. The lowest BCUT2D eigenvalue weighted by atomic mass is 9.55. The first-order chi connectivity index (χ1) is 8.03. The molecule has 3 atom stereocenters. The van der Waals surface area contributed by atoms with Gasteiger partial charge in [0.15, 0.2) is 0 Å². The molecule has 1 heterocycles. The summed E-state index contributed by atoms with van der Waals surface area (Å²) in [4.78, 5) is 2.24. The first-order valence-electron chi connectivity index (χ1n) is 6.75. The molecular weight excluding hydrogens is 227 g/mol. The van der Waals surface area contributed by atoms with Crippen molar-refractivity contribution < 1.29 is 0 Å². The van der Waals surface area contributed by atoms with Crippen LogP contribution in [0.4, 0.5) is 0 Å². The topological polar surface area (TPSA) is 15.6 Å². The molecule has 3 unspecified atom stereocenters. The first kappa shape index (κ1) is 14.9. The Hall–Kier alpha value is -0.115. The third kappa shape index (κ3) is 3.43. The van der Waals surface area contributed by atoms with Crippen LogP contribution in [-0.2, 0) is 0 Å². The Morgan fingerprint density at radius 1 is 1.41 bits per heavy atom. The summed E-state index contributed by atoms with van der Waals surface area (Å²) in [5, 5.41) is 0.0405. The van der Waals surface area contributed by atoms with Gasteiger partial charge in [0, 0.05) is 19.5 Å². The van der Waals surface area contributed by atoms with E-state index in [4.69, 9.17) is 7.85 Å². The molecule has 2 rings (SSSR count). The van der Waals surface area contributed by atoms with E-state index in [2.05, 4.69) is 36.1 Å². The predicted molar refractivity (Wildman–Crippen MR) is 80.0 cm³/mol. The number of amidine groups is 1. The number of fused-ring (bicyclic) bond motifs is 1. The van der Waals surface area contributed by atoms with Gasteiger partial charge in [-0.15, -0.1) is 0 Å². The fraction of sp³-hybridized carbons (Fsp3) is 0.923. The zero-order valence-corrected chi connectivity index (χ0v) is 12.5. The van der Waals surface area contributed by atoms with E-state index in [1.165, 1.54) is 18.7 Å². The van der Waals surface area contributed by atoms with Crippen molar-refractivity contribution in [3.8, 4) is 0 Å². The highest BCUT2D eigenvalue weighted by Gasteiger charge is 2.40. The monoisotopic (exact) mass is 252 g/mol. The Morgan fingerprint density at radius 3 is 2.65 bits per heavy atom. The van der Waals surface area contributed by atoms with Gasteiger partial charge in [0.1, 0.15) is 5.84 Å². The van der Waals surface area contributed by atoms with Crippen LogP contribution >= 0.6 is 12.8 Å². The Labute approximate surface area is 113 Å². The number of thiol groups is 1. The summed E-state index contributed by atoms with van der Waals surface area (Å²) in [5.74, 6) is 2.49. The zero-order valence-electron chi connectivity index (χ0n) is 11.6. The van der Waals surface area contributed by atoms with Gasteiger partial charge in [0.2, 0.25) is 0 Å². The average Bonchev–Trinajstić information content (AvgIpc) is 2.31. The van der Waals surface area contributed by atoms with Crippen LogP contribution in [0.2, 0.25) is 5.31 Å². The van der Waals surface area contributed by atoms with Crippen molar-refractivity contribution in [3.05, 3.63) is 0 Å². The Balaban J connectivity index is 0.000000686. The van der Waals surface area contributed by atoms with Gasteiger partial charge in [0.25, 0.3) is 0 Å². The molecule has 2 fully saturated rings. The van der Waals surface area contributed by atoms with Gasteiger partial charge < -0.3 is 4.90 Å². The van der Waals surface area contributed by atoms with Gasteiger partial charge in [-0.2, -0.15) is 0 Å². The van der Waals surface area contributed by atoms with E-state index in [0.717, 1.165) is 25.3 Å². The van der Waals surface area contributed by atoms with E-state index < -0.39 is 0 Å². The largest absolute Gasteiger partial charge is 0.362 e. The van der Waals surface area contributed by atoms with Crippen molar-refractivity contribution in [2.45, 2.75) is 51.8 Å². The van der Waals surface area contributed by atoms with Crippen molar-refractivity contribution in [1.82, 2.24) is 4.90 Å². The third-order valence-electron chi connectivity index (χ3n) is 3.98. The fourth-order valence-corrected chi connectivity index (χ4v) is 3.42. The number of piperidine rings is 1. The maximum Gasteiger partial charge on any atom is 0.115 e. The van der Waals surface area contributed by atoms with Crippen LogP contribution in [0.3, 0.4) is 0 Å². The lowest BCUT2D eigenvalue weighted by Gasteiger charge is -2.46. The van der Waals surface area contributed by atoms with Gasteiger partial charge >= 0.3 is 0 Å². The van der Waals surface area contributed by atoms with Gasteiger partial charge in [-0.3, -0.25) is 0 Å². The van der Waals surface area contributed by atoms with Gasteiger partial charge in [-0.1, -0.05) is 38.9 Å². The van der Waals surface area contributed by atoms with Crippen molar-refractivity contribution in [3.63, 3.8) is 0 Å². The van der Waals surface area contributed by atoms with Gasteiger partial charge in [-0.25, -0.2) is 4.40 Å². The summed E-state index contributed by atoms with van der Waals surface area (Å²) in [6.07, 6.45) is 4.66. The van der Waals surface area contributed by atoms with Crippen molar-refractivity contribution in [1.29, 1.82) is 0 Å². The first-order valence-corrected chi connectivity index (χ1v) is 7.15. The second-order valence-electron chi connectivity index (χ2n) is 5.43. The molecule has 0 N–H and O–H groups in total. The summed E-state index contributed by atoms with van der Waals surface area (Å²) in [5.41, 5.74) is 0. The molecule has 1 saturated carbocycles. The van der Waals surface area contributed by atoms with E-state index in [9.17, 15) is 0 Å². The molecule has 96 valence electrons. The molecule has 0 aromatic carbocycles. The van der Waals surface area contributed by atoms with Crippen LogP contribution < -0.4 is 0 Å². The predicted octanol–water partition coefficient (Wildman–Crippen LogP) is 3.35. The molecule has 1 saturated heterocycles. The highest BCUT2D eigenvalue weighted by molar-refractivity contribution is 7.79. The molecule has 0 aromatic rings. The summed E-state index contributed by atoms with van der Waals surface area (Å²) in [6.45, 7) is 7.27. The van der Waals surface area contributed by atoms with Crippen molar-refractivity contribution >= 4 is 26.5 Å². The van der Waals surface area contributed by atoms with Gasteiger partial charge in [0.05, 0.1) is 7.85 Å². The van der Waals surface area contributed by atoms with Crippen LogP contribution in [0, 0.1) is 11.8 Å². The molecule has 0 bridgehead atoms. The zero-order chi connectivity index (χ0) is 13.1. The van der Waals surface area contributed by atoms with E-state index in [1.807, 2.05) is 13.8 Å². The Bertz CT molecular complexity index is 279. The van der Waals surface area contributed by atoms with Crippen molar-refractivity contribution in [2.24, 2.45) is 16.2 Å². The molecule has 0 aromatic heterocycles. The average molecular weight is 252 g/mol.